The number of halogens is 2. The Labute approximate surface area is 113 Å². The molecule has 2 aromatic rings. The van der Waals surface area contributed by atoms with Gasteiger partial charge in [-0.25, -0.2) is 4.39 Å². The largest absolute Gasteiger partial charge is 0.486 e. The number of hydrogen-bond acceptors (Lipinski definition) is 2. The maximum Gasteiger partial charge on any atom is 0.165 e. The van der Waals surface area contributed by atoms with Gasteiger partial charge in [0, 0.05) is 4.47 Å². The number of hydrogen-bond donors (Lipinski definition) is 1. The van der Waals surface area contributed by atoms with Crippen molar-refractivity contribution in [1.82, 2.24) is 0 Å². The zero-order valence-electron chi connectivity index (χ0n) is 9.57. The summed E-state index contributed by atoms with van der Waals surface area (Å²) in [5, 5.41) is 8.88. The fourth-order valence-electron chi connectivity index (χ4n) is 1.55. The van der Waals surface area contributed by atoms with Gasteiger partial charge in [0.2, 0.25) is 0 Å². The van der Waals surface area contributed by atoms with E-state index in [1.165, 1.54) is 12.1 Å². The highest BCUT2D eigenvalue weighted by Crippen LogP contribution is 2.20. The zero-order chi connectivity index (χ0) is 13.0. The molecule has 0 radical (unpaired) electrons. The van der Waals surface area contributed by atoms with Gasteiger partial charge in [-0.2, -0.15) is 0 Å². The summed E-state index contributed by atoms with van der Waals surface area (Å²) in [4.78, 5) is 0. The summed E-state index contributed by atoms with van der Waals surface area (Å²) in [5.41, 5.74) is 1.48. The summed E-state index contributed by atoms with van der Waals surface area (Å²) in [6, 6.07) is 12.1. The van der Waals surface area contributed by atoms with E-state index in [1.807, 2.05) is 24.3 Å². The first kappa shape index (κ1) is 13.1. The molecule has 0 saturated heterocycles. The van der Waals surface area contributed by atoms with Crippen molar-refractivity contribution in [2.45, 2.75) is 13.2 Å². The number of rotatable bonds is 4. The van der Waals surface area contributed by atoms with Crippen LogP contribution < -0.4 is 4.74 Å². The Kier molecular flexibility index (Phi) is 4.33. The van der Waals surface area contributed by atoms with Crippen molar-refractivity contribution in [3.8, 4) is 5.75 Å². The fourth-order valence-corrected chi connectivity index (χ4v) is 1.99. The van der Waals surface area contributed by atoms with Crippen LogP contribution in [-0.2, 0) is 13.2 Å². The third-order valence-electron chi connectivity index (χ3n) is 2.46. The number of aliphatic hydroxyl groups excluding tert-OH is 1. The van der Waals surface area contributed by atoms with Gasteiger partial charge in [-0.05, 0) is 35.4 Å². The molecule has 0 aliphatic rings. The van der Waals surface area contributed by atoms with Crippen molar-refractivity contribution < 1.29 is 14.2 Å². The first-order valence-electron chi connectivity index (χ1n) is 5.45. The van der Waals surface area contributed by atoms with E-state index < -0.39 is 5.82 Å². The van der Waals surface area contributed by atoms with Crippen molar-refractivity contribution in [1.29, 1.82) is 0 Å². The van der Waals surface area contributed by atoms with Gasteiger partial charge < -0.3 is 9.84 Å². The van der Waals surface area contributed by atoms with E-state index >= 15 is 0 Å². The predicted octanol–water partition coefficient (Wildman–Crippen LogP) is 3.66. The smallest absolute Gasteiger partial charge is 0.165 e. The summed E-state index contributed by atoms with van der Waals surface area (Å²) >= 11 is 3.36. The molecular formula is C14H12BrFO2. The maximum atomic E-state index is 13.6. The second-order valence-electron chi connectivity index (χ2n) is 3.84. The lowest BCUT2D eigenvalue weighted by Crippen LogP contribution is -1.98. The van der Waals surface area contributed by atoms with Crippen LogP contribution in [0.25, 0.3) is 0 Å². The first-order chi connectivity index (χ1) is 8.69. The van der Waals surface area contributed by atoms with Crippen LogP contribution in [0.2, 0.25) is 0 Å². The van der Waals surface area contributed by atoms with Crippen LogP contribution in [0.3, 0.4) is 0 Å². The highest BCUT2D eigenvalue weighted by molar-refractivity contribution is 9.10. The SMILES string of the molecule is OCc1ccc(OCc2cccc(Br)c2)c(F)c1. The van der Waals surface area contributed by atoms with E-state index in [-0.39, 0.29) is 12.4 Å². The molecule has 0 atom stereocenters. The molecule has 18 heavy (non-hydrogen) atoms. The number of ether oxygens (including phenoxy) is 1. The van der Waals surface area contributed by atoms with Crippen LogP contribution in [0, 0.1) is 5.82 Å². The highest BCUT2D eigenvalue weighted by Gasteiger charge is 2.05. The van der Waals surface area contributed by atoms with E-state index in [9.17, 15) is 4.39 Å². The van der Waals surface area contributed by atoms with E-state index in [0.717, 1.165) is 10.0 Å². The van der Waals surface area contributed by atoms with Gasteiger partial charge in [-0.1, -0.05) is 34.1 Å². The fraction of sp³-hybridized carbons (Fsp3) is 0.143. The molecule has 0 unspecified atom stereocenters. The lowest BCUT2D eigenvalue weighted by molar-refractivity contribution is 0.276. The number of aliphatic hydroxyl groups is 1. The van der Waals surface area contributed by atoms with Gasteiger partial charge >= 0.3 is 0 Å². The molecular weight excluding hydrogens is 299 g/mol. The van der Waals surface area contributed by atoms with Gasteiger partial charge in [-0.3, -0.25) is 0 Å². The Bertz CT molecular complexity index is 543. The molecule has 0 aliphatic heterocycles. The molecule has 0 heterocycles. The minimum Gasteiger partial charge on any atom is -0.486 e. The summed E-state index contributed by atoms with van der Waals surface area (Å²) in [5.74, 6) is -0.274. The minimum atomic E-state index is -0.462. The van der Waals surface area contributed by atoms with E-state index in [1.54, 1.807) is 6.07 Å². The summed E-state index contributed by atoms with van der Waals surface area (Å²) in [6.45, 7) is 0.123. The maximum absolute atomic E-state index is 13.6. The van der Waals surface area contributed by atoms with Crippen LogP contribution in [0.5, 0.6) is 5.75 Å². The second kappa shape index (κ2) is 5.98. The monoisotopic (exact) mass is 310 g/mol. The summed E-state index contributed by atoms with van der Waals surface area (Å²) in [6.07, 6.45) is 0. The Morgan fingerprint density at radius 2 is 1.94 bits per heavy atom. The zero-order valence-corrected chi connectivity index (χ0v) is 11.2. The first-order valence-corrected chi connectivity index (χ1v) is 6.25. The second-order valence-corrected chi connectivity index (χ2v) is 4.76. The molecule has 0 amide bonds. The molecule has 0 fully saturated rings. The lowest BCUT2D eigenvalue weighted by atomic mass is 10.2. The van der Waals surface area contributed by atoms with Gasteiger partial charge in [-0.15, -0.1) is 0 Å². The third kappa shape index (κ3) is 3.31. The molecule has 4 heteroatoms. The standard InChI is InChI=1S/C14H12BrFO2/c15-12-3-1-2-11(6-12)9-18-14-5-4-10(8-17)7-13(14)16/h1-7,17H,8-9H2. The van der Waals surface area contributed by atoms with Crippen LogP contribution in [0.4, 0.5) is 4.39 Å². The molecule has 94 valence electrons. The van der Waals surface area contributed by atoms with Gasteiger partial charge in [0.05, 0.1) is 6.61 Å². The van der Waals surface area contributed by atoms with E-state index in [4.69, 9.17) is 9.84 Å². The normalized spacial score (nSPS) is 10.4. The predicted molar refractivity (Wildman–Crippen MR) is 70.8 cm³/mol. The molecule has 0 spiro atoms. The van der Waals surface area contributed by atoms with Crippen molar-refractivity contribution in [3.05, 3.63) is 63.9 Å². The molecule has 2 rings (SSSR count). The minimum absolute atomic E-state index is 0.178. The third-order valence-corrected chi connectivity index (χ3v) is 2.96. The summed E-state index contributed by atoms with van der Waals surface area (Å²) in [7, 11) is 0. The van der Waals surface area contributed by atoms with Crippen molar-refractivity contribution >= 4 is 15.9 Å². The number of benzene rings is 2. The van der Waals surface area contributed by atoms with Crippen molar-refractivity contribution in [3.63, 3.8) is 0 Å². The Balaban J connectivity index is 2.06. The van der Waals surface area contributed by atoms with Crippen molar-refractivity contribution in [2.75, 3.05) is 0 Å². The van der Waals surface area contributed by atoms with Gasteiger partial charge in [0.15, 0.2) is 11.6 Å². The molecule has 0 saturated carbocycles. The van der Waals surface area contributed by atoms with Crippen LogP contribution in [0.15, 0.2) is 46.9 Å². The molecule has 2 aromatic carbocycles. The topological polar surface area (TPSA) is 29.5 Å². The highest BCUT2D eigenvalue weighted by atomic mass is 79.9. The average molecular weight is 311 g/mol. The van der Waals surface area contributed by atoms with Crippen LogP contribution in [0.1, 0.15) is 11.1 Å². The molecule has 0 aromatic heterocycles. The quantitative estimate of drug-likeness (QED) is 0.934. The van der Waals surface area contributed by atoms with Gasteiger partial charge in [0.1, 0.15) is 6.61 Å². The van der Waals surface area contributed by atoms with Gasteiger partial charge in [0.25, 0.3) is 0 Å². The van der Waals surface area contributed by atoms with Crippen molar-refractivity contribution in [2.24, 2.45) is 0 Å². The molecule has 2 nitrogen and oxygen atoms in total. The average Bonchev–Trinajstić information content (AvgIpc) is 2.37. The molecule has 0 aliphatic carbocycles. The molecule has 1 N–H and O–H groups in total. The van der Waals surface area contributed by atoms with E-state index in [0.29, 0.717) is 12.2 Å². The Hall–Kier alpha value is -1.39. The Morgan fingerprint density at radius 1 is 1.11 bits per heavy atom. The Morgan fingerprint density at radius 3 is 2.61 bits per heavy atom. The summed E-state index contributed by atoms with van der Waals surface area (Å²) < 4.78 is 19.9. The van der Waals surface area contributed by atoms with Crippen LogP contribution >= 0.6 is 15.9 Å². The van der Waals surface area contributed by atoms with Crippen LogP contribution in [-0.4, -0.2) is 5.11 Å². The molecule has 0 bridgehead atoms. The van der Waals surface area contributed by atoms with E-state index in [2.05, 4.69) is 15.9 Å². The lowest BCUT2D eigenvalue weighted by Gasteiger charge is -2.08.